The molecular formula is C15H12F4N4O3. The smallest absolute Gasteiger partial charge is 0.418 e. The topological polar surface area (TPSA) is 88.3 Å². The molecular weight excluding hydrogens is 360 g/mol. The average Bonchev–Trinajstić information content (AvgIpc) is 3.21. The fourth-order valence-corrected chi connectivity index (χ4v) is 2.68. The van der Waals surface area contributed by atoms with Gasteiger partial charge in [-0.3, -0.25) is 4.79 Å². The summed E-state index contributed by atoms with van der Waals surface area (Å²) in [6, 6.07) is 4.62. The first-order valence-electron chi connectivity index (χ1n) is 7.42. The van der Waals surface area contributed by atoms with E-state index in [9.17, 15) is 27.2 Å². The van der Waals surface area contributed by atoms with E-state index in [2.05, 4.69) is 10.3 Å². The van der Waals surface area contributed by atoms with Crippen LogP contribution in [0, 0.1) is 0 Å². The number of aliphatic carboxylic acids is 1. The molecule has 2 aromatic rings. The highest BCUT2D eigenvalue weighted by Crippen LogP contribution is 2.33. The van der Waals surface area contributed by atoms with Crippen molar-refractivity contribution in [3.8, 4) is 5.69 Å². The van der Waals surface area contributed by atoms with Crippen LogP contribution < -0.4 is 0 Å². The number of para-hydroxylation sites is 1. The standard InChI is InChI=1S/C15H12F4N4O3/c16-14(13(25)26)5-6-22(8-14)12(24)10-7-23(21-20-10)11-4-2-1-3-9(11)15(17,18)19/h1-4,7H,5-6,8H2,(H,25,26). The molecule has 26 heavy (non-hydrogen) atoms. The van der Waals surface area contributed by atoms with Crippen molar-refractivity contribution in [2.75, 3.05) is 13.1 Å². The van der Waals surface area contributed by atoms with Gasteiger partial charge in [-0.25, -0.2) is 13.9 Å². The van der Waals surface area contributed by atoms with Crippen molar-refractivity contribution in [2.45, 2.75) is 18.3 Å². The van der Waals surface area contributed by atoms with Crippen LogP contribution in [0.15, 0.2) is 30.5 Å². The van der Waals surface area contributed by atoms with E-state index in [4.69, 9.17) is 5.11 Å². The van der Waals surface area contributed by atoms with Crippen LogP contribution in [0.3, 0.4) is 0 Å². The van der Waals surface area contributed by atoms with Crippen LogP contribution in [0.4, 0.5) is 17.6 Å². The quantitative estimate of drug-likeness (QED) is 0.832. The summed E-state index contributed by atoms with van der Waals surface area (Å²) in [4.78, 5) is 24.2. The van der Waals surface area contributed by atoms with Crippen molar-refractivity contribution in [3.63, 3.8) is 0 Å². The largest absolute Gasteiger partial charge is 0.479 e. The summed E-state index contributed by atoms with van der Waals surface area (Å²) in [5, 5.41) is 15.9. The van der Waals surface area contributed by atoms with Gasteiger partial charge < -0.3 is 10.0 Å². The lowest BCUT2D eigenvalue weighted by Crippen LogP contribution is -2.39. The first-order chi connectivity index (χ1) is 12.1. The molecule has 11 heteroatoms. The first-order valence-corrected chi connectivity index (χ1v) is 7.42. The van der Waals surface area contributed by atoms with Gasteiger partial charge in [0.2, 0.25) is 5.67 Å². The Kier molecular flexibility index (Phi) is 4.17. The van der Waals surface area contributed by atoms with Crippen LogP contribution in [-0.2, 0) is 11.0 Å². The summed E-state index contributed by atoms with van der Waals surface area (Å²) >= 11 is 0. The molecule has 1 unspecified atom stereocenters. The zero-order chi connectivity index (χ0) is 19.1. The van der Waals surface area contributed by atoms with E-state index in [-0.39, 0.29) is 24.3 Å². The van der Waals surface area contributed by atoms with E-state index in [0.717, 1.165) is 21.8 Å². The van der Waals surface area contributed by atoms with Gasteiger partial charge >= 0.3 is 12.1 Å². The average molecular weight is 372 g/mol. The number of hydrogen-bond acceptors (Lipinski definition) is 4. The molecule has 2 heterocycles. The molecule has 1 aromatic carbocycles. The number of rotatable bonds is 3. The summed E-state index contributed by atoms with van der Waals surface area (Å²) < 4.78 is 54.1. The Labute approximate surface area is 143 Å². The predicted molar refractivity (Wildman–Crippen MR) is 78.4 cm³/mol. The highest BCUT2D eigenvalue weighted by atomic mass is 19.4. The number of halogens is 4. The van der Waals surface area contributed by atoms with Gasteiger partial charge in [-0.2, -0.15) is 13.2 Å². The van der Waals surface area contributed by atoms with E-state index in [0.29, 0.717) is 0 Å². The molecule has 1 saturated heterocycles. The number of carbonyl (C=O) groups excluding carboxylic acids is 1. The molecule has 0 radical (unpaired) electrons. The van der Waals surface area contributed by atoms with Crippen LogP contribution in [0.25, 0.3) is 5.69 Å². The maximum atomic E-state index is 14.1. The van der Waals surface area contributed by atoms with Crippen molar-refractivity contribution in [3.05, 3.63) is 41.7 Å². The van der Waals surface area contributed by atoms with Crippen molar-refractivity contribution >= 4 is 11.9 Å². The molecule has 0 saturated carbocycles. The molecule has 3 rings (SSSR count). The Morgan fingerprint density at radius 1 is 1.23 bits per heavy atom. The Morgan fingerprint density at radius 3 is 2.54 bits per heavy atom. The minimum absolute atomic E-state index is 0.145. The van der Waals surface area contributed by atoms with Crippen molar-refractivity contribution in [1.82, 2.24) is 19.9 Å². The van der Waals surface area contributed by atoms with Gasteiger partial charge in [0.1, 0.15) is 0 Å². The number of alkyl halides is 4. The molecule has 1 fully saturated rings. The van der Waals surface area contributed by atoms with Crippen molar-refractivity contribution in [2.24, 2.45) is 0 Å². The second kappa shape index (κ2) is 6.07. The van der Waals surface area contributed by atoms with Gasteiger partial charge in [-0.1, -0.05) is 17.3 Å². The number of nitrogens with zero attached hydrogens (tertiary/aromatic N) is 4. The minimum atomic E-state index is -4.63. The molecule has 0 spiro atoms. The van der Waals surface area contributed by atoms with Gasteiger partial charge in [-0.15, -0.1) is 5.10 Å². The number of aromatic nitrogens is 3. The molecule has 1 amide bonds. The molecule has 1 aliphatic rings. The summed E-state index contributed by atoms with van der Waals surface area (Å²) in [5.74, 6) is -2.47. The van der Waals surface area contributed by atoms with Crippen molar-refractivity contribution in [1.29, 1.82) is 0 Å². The van der Waals surface area contributed by atoms with E-state index in [1.807, 2.05) is 0 Å². The fourth-order valence-electron chi connectivity index (χ4n) is 2.68. The molecule has 7 nitrogen and oxygen atoms in total. The van der Waals surface area contributed by atoms with Gasteiger partial charge in [0.05, 0.1) is 24.0 Å². The molecule has 1 aliphatic heterocycles. The normalized spacial score (nSPS) is 20.4. The number of likely N-dealkylation sites (tertiary alicyclic amines) is 1. The predicted octanol–water partition coefficient (Wildman–Crippen LogP) is 1.92. The van der Waals surface area contributed by atoms with Gasteiger partial charge in [-0.05, 0) is 12.1 Å². The third-order valence-electron chi connectivity index (χ3n) is 4.06. The number of amides is 1. The Balaban J connectivity index is 1.86. The second-order valence-electron chi connectivity index (χ2n) is 5.81. The van der Waals surface area contributed by atoms with E-state index in [1.54, 1.807) is 0 Å². The minimum Gasteiger partial charge on any atom is -0.479 e. The van der Waals surface area contributed by atoms with Crippen LogP contribution in [0.5, 0.6) is 0 Å². The Bertz CT molecular complexity index is 867. The second-order valence-corrected chi connectivity index (χ2v) is 5.81. The highest BCUT2D eigenvalue weighted by Gasteiger charge is 2.47. The SMILES string of the molecule is O=C(c1cn(-c2ccccc2C(F)(F)F)nn1)N1CCC(F)(C(=O)O)C1. The zero-order valence-electron chi connectivity index (χ0n) is 13.1. The van der Waals surface area contributed by atoms with Crippen LogP contribution in [-0.4, -0.2) is 55.6 Å². The molecule has 0 aliphatic carbocycles. The number of benzene rings is 1. The molecule has 1 N–H and O–H groups in total. The van der Waals surface area contributed by atoms with E-state index in [1.165, 1.54) is 18.2 Å². The van der Waals surface area contributed by atoms with E-state index < -0.39 is 35.8 Å². The lowest BCUT2D eigenvalue weighted by molar-refractivity contribution is -0.149. The molecule has 1 aromatic heterocycles. The fraction of sp³-hybridized carbons (Fsp3) is 0.333. The monoisotopic (exact) mass is 372 g/mol. The van der Waals surface area contributed by atoms with Crippen LogP contribution >= 0.6 is 0 Å². The first kappa shape index (κ1) is 17.8. The number of hydrogen-bond donors (Lipinski definition) is 1. The summed E-state index contributed by atoms with van der Waals surface area (Å²) in [6.07, 6.45) is -4.01. The third kappa shape index (κ3) is 3.11. The van der Waals surface area contributed by atoms with Crippen molar-refractivity contribution < 1.29 is 32.3 Å². The molecule has 138 valence electrons. The van der Waals surface area contributed by atoms with Gasteiger partial charge in [0.25, 0.3) is 5.91 Å². The summed E-state index contributed by atoms with van der Waals surface area (Å²) in [6.45, 7) is -0.805. The van der Waals surface area contributed by atoms with Gasteiger partial charge in [0, 0.05) is 13.0 Å². The van der Waals surface area contributed by atoms with E-state index >= 15 is 0 Å². The van der Waals surface area contributed by atoms with Gasteiger partial charge in [0.15, 0.2) is 5.69 Å². The number of carboxylic acids is 1. The zero-order valence-corrected chi connectivity index (χ0v) is 13.1. The maximum absolute atomic E-state index is 14.1. The maximum Gasteiger partial charge on any atom is 0.418 e. The molecule has 0 bridgehead atoms. The van der Waals surface area contributed by atoms with Crippen LogP contribution in [0.1, 0.15) is 22.5 Å². The molecule has 1 atom stereocenters. The lowest BCUT2D eigenvalue weighted by atomic mass is 10.1. The highest BCUT2D eigenvalue weighted by molar-refractivity contribution is 5.93. The summed E-state index contributed by atoms with van der Waals surface area (Å²) in [7, 11) is 0. The van der Waals surface area contributed by atoms with Crippen LogP contribution in [0.2, 0.25) is 0 Å². The Hall–Kier alpha value is -2.98. The summed E-state index contributed by atoms with van der Waals surface area (Å²) in [5.41, 5.74) is -4.14. The lowest BCUT2D eigenvalue weighted by Gasteiger charge is -2.16. The Morgan fingerprint density at radius 2 is 1.92 bits per heavy atom. The number of carbonyl (C=O) groups is 2. The number of carboxylic acid groups (broad SMARTS) is 1. The third-order valence-corrected chi connectivity index (χ3v) is 4.06.